The third-order valence-electron chi connectivity index (χ3n) is 5.23. The molecular formula is C23H21N5O2. The van der Waals surface area contributed by atoms with Gasteiger partial charge >= 0.3 is 0 Å². The van der Waals surface area contributed by atoms with Crippen molar-refractivity contribution < 1.29 is 8.94 Å². The average Bonchev–Trinajstić information content (AvgIpc) is 3.52. The van der Waals surface area contributed by atoms with Crippen LogP contribution in [-0.4, -0.2) is 15.3 Å². The maximum absolute atomic E-state index is 5.56. The second-order valence-electron chi connectivity index (χ2n) is 7.12. The van der Waals surface area contributed by atoms with Gasteiger partial charge in [0, 0.05) is 23.5 Å². The van der Waals surface area contributed by atoms with Crippen molar-refractivity contribution in [2.75, 3.05) is 5.01 Å². The number of oxazole rings is 1. The standard InChI is InChI=1S/C23H21N5O2/c1-16-17(2)26-30-23(16)27-12-10-25-28(27)15-20-14-19(22-24-11-13-29-22)8-9-21(20)18-6-4-3-5-7-18/h3-14,25H,15H2,1-2H3. The highest BCUT2D eigenvalue weighted by atomic mass is 16.5. The third kappa shape index (κ3) is 3.25. The van der Waals surface area contributed by atoms with E-state index in [-0.39, 0.29) is 0 Å². The Labute approximate surface area is 174 Å². The first-order valence-corrected chi connectivity index (χ1v) is 9.71. The first-order chi connectivity index (χ1) is 14.7. The van der Waals surface area contributed by atoms with E-state index in [1.807, 2.05) is 60.6 Å². The van der Waals surface area contributed by atoms with Gasteiger partial charge < -0.3 is 14.4 Å². The molecule has 0 spiro atoms. The van der Waals surface area contributed by atoms with Crippen molar-refractivity contribution in [1.29, 1.82) is 0 Å². The van der Waals surface area contributed by atoms with Gasteiger partial charge in [-0.15, -0.1) is 5.12 Å². The van der Waals surface area contributed by atoms with Gasteiger partial charge in [0.2, 0.25) is 11.8 Å². The summed E-state index contributed by atoms with van der Waals surface area (Å²) in [6.07, 6.45) is 7.04. The van der Waals surface area contributed by atoms with Crippen LogP contribution in [-0.2, 0) is 6.54 Å². The van der Waals surface area contributed by atoms with E-state index in [1.165, 1.54) is 0 Å². The fourth-order valence-electron chi connectivity index (χ4n) is 3.53. The minimum atomic E-state index is 0.588. The maximum atomic E-state index is 5.56. The van der Waals surface area contributed by atoms with Crippen LogP contribution >= 0.6 is 0 Å². The van der Waals surface area contributed by atoms with Crippen LogP contribution in [0.2, 0.25) is 0 Å². The van der Waals surface area contributed by atoms with Crippen molar-refractivity contribution in [3.05, 3.63) is 90.2 Å². The van der Waals surface area contributed by atoms with E-state index in [9.17, 15) is 0 Å². The second kappa shape index (κ2) is 7.53. The second-order valence-corrected chi connectivity index (χ2v) is 7.12. The molecule has 0 saturated heterocycles. The topological polar surface area (TPSA) is 70.6 Å². The van der Waals surface area contributed by atoms with Crippen molar-refractivity contribution in [3.63, 3.8) is 0 Å². The highest BCUT2D eigenvalue weighted by molar-refractivity contribution is 5.71. The molecule has 0 saturated carbocycles. The van der Waals surface area contributed by atoms with E-state index in [0.717, 1.165) is 33.5 Å². The summed E-state index contributed by atoms with van der Waals surface area (Å²) in [5.41, 5.74) is 9.50. The van der Waals surface area contributed by atoms with Crippen LogP contribution in [0.25, 0.3) is 22.6 Å². The molecule has 2 aromatic heterocycles. The SMILES string of the molecule is Cc1noc(N2C=CNN2Cc2cc(-c3ncco3)ccc2-c2ccccc2)c1C. The summed E-state index contributed by atoms with van der Waals surface area (Å²) in [4.78, 5) is 4.30. The predicted molar refractivity (Wildman–Crippen MR) is 114 cm³/mol. The molecule has 1 aliphatic heterocycles. The number of aryl methyl sites for hydroxylation is 1. The Morgan fingerprint density at radius 3 is 2.63 bits per heavy atom. The average molecular weight is 399 g/mol. The molecule has 30 heavy (non-hydrogen) atoms. The van der Waals surface area contributed by atoms with Gasteiger partial charge in [-0.2, -0.15) is 0 Å². The Bertz CT molecular complexity index is 1180. The lowest BCUT2D eigenvalue weighted by molar-refractivity contribution is 0.215. The normalized spacial score (nSPS) is 13.7. The Balaban J connectivity index is 1.53. The molecule has 150 valence electrons. The van der Waals surface area contributed by atoms with Crippen molar-refractivity contribution in [2.24, 2.45) is 0 Å². The quantitative estimate of drug-likeness (QED) is 0.515. The van der Waals surface area contributed by atoms with Crippen LogP contribution in [0.5, 0.6) is 0 Å². The molecule has 1 N–H and O–H groups in total. The molecular weight excluding hydrogens is 378 g/mol. The zero-order valence-electron chi connectivity index (χ0n) is 16.7. The molecule has 7 heteroatoms. The molecule has 0 radical (unpaired) electrons. The lowest BCUT2D eigenvalue weighted by Gasteiger charge is -2.27. The Kier molecular flexibility index (Phi) is 4.57. The van der Waals surface area contributed by atoms with Gasteiger partial charge in [-0.25, -0.2) is 9.99 Å². The largest absolute Gasteiger partial charge is 0.445 e. The lowest BCUT2D eigenvalue weighted by Crippen LogP contribution is -2.41. The van der Waals surface area contributed by atoms with Gasteiger partial charge in [-0.05, 0) is 42.7 Å². The molecule has 7 nitrogen and oxygen atoms in total. The zero-order chi connectivity index (χ0) is 20.5. The smallest absolute Gasteiger partial charge is 0.250 e. The Hall–Kier alpha value is -3.84. The van der Waals surface area contributed by atoms with Gasteiger partial charge in [0.05, 0.1) is 18.4 Å². The van der Waals surface area contributed by atoms with Gasteiger partial charge in [0.1, 0.15) is 6.26 Å². The number of rotatable bonds is 5. The molecule has 5 rings (SSSR count). The highest BCUT2D eigenvalue weighted by Crippen LogP contribution is 2.31. The molecule has 3 heterocycles. The molecule has 0 fully saturated rings. The van der Waals surface area contributed by atoms with E-state index in [4.69, 9.17) is 8.94 Å². The summed E-state index contributed by atoms with van der Waals surface area (Å²) < 4.78 is 11.1. The first-order valence-electron chi connectivity index (χ1n) is 9.71. The van der Waals surface area contributed by atoms with Crippen LogP contribution in [0.4, 0.5) is 5.88 Å². The van der Waals surface area contributed by atoms with Crippen LogP contribution < -0.4 is 10.4 Å². The molecule has 0 atom stereocenters. The molecule has 0 bridgehead atoms. The van der Waals surface area contributed by atoms with Gasteiger partial charge in [0.25, 0.3) is 0 Å². The molecule has 2 aromatic carbocycles. The summed E-state index contributed by atoms with van der Waals surface area (Å²) >= 11 is 0. The Morgan fingerprint density at radius 1 is 1.03 bits per heavy atom. The monoisotopic (exact) mass is 399 g/mol. The van der Waals surface area contributed by atoms with Gasteiger partial charge in [-0.1, -0.05) is 41.6 Å². The fourth-order valence-corrected chi connectivity index (χ4v) is 3.53. The number of nitrogens with one attached hydrogen (secondary N) is 1. The van der Waals surface area contributed by atoms with Crippen LogP contribution in [0.1, 0.15) is 16.8 Å². The van der Waals surface area contributed by atoms with Crippen LogP contribution in [0.3, 0.4) is 0 Å². The van der Waals surface area contributed by atoms with Crippen molar-refractivity contribution in [3.8, 4) is 22.6 Å². The first kappa shape index (κ1) is 18.2. The molecule has 0 amide bonds. The summed E-state index contributed by atoms with van der Waals surface area (Å²) in [5, 5.41) is 8.00. The maximum Gasteiger partial charge on any atom is 0.250 e. The highest BCUT2D eigenvalue weighted by Gasteiger charge is 2.25. The Morgan fingerprint density at radius 2 is 1.90 bits per heavy atom. The van der Waals surface area contributed by atoms with Crippen molar-refractivity contribution >= 4 is 5.88 Å². The van der Waals surface area contributed by atoms with Gasteiger partial charge in [-0.3, -0.25) is 0 Å². The number of hydrogen-bond donors (Lipinski definition) is 1. The van der Waals surface area contributed by atoms with E-state index < -0.39 is 0 Å². The molecule has 4 aromatic rings. The van der Waals surface area contributed by atoms with E-state index in [0.29, 0.717) is 18.3 Å². The number of nitrogens with zero attached hydrogens (tertiary/aromatic N) is 4. The number of anilines is 1. The summed E-state index contributed by atoms with van der Waals surface area (Å²) in [6, 6.07) is 16.6. The number of hydrogen-bond acceptors (Lipinski definition) is 7. The van der Waals surface area contributed by atoms with E-state index in [2.05, 4.69) is 39.8 Å². The summed E-state index contributed by atoms with van der Waals surface area (Å²) in [6.45, 7) is 4.53. The van der Waals surface area contributed by atoms with E-state index >= 15 is 0 Å². The van der Waals surface area contributed by atoms with Crippen molar-refractivity contribution in [2.45, 2.75) is 20.4 Å². The number of benzene rings is 2. The minimum absolute atomic E-state index is 0.588. The molecule has 1 aliphatic rings. The molecule has 0 unspecified atom stereocenters. The number of hydrazine groups is 2. The van der Waals surface area contributed by atoms with Crippen molar-refractivity contribution in [1.82, 2.24) is 20.7 Å². The molecule has 0 aliphatic carbocycles. The predicted octanol–water partition coefficient (Wildman–Crippen LogP) is 4.83. The zero-order valence-corrected chi connectivity index (χ0v) is 16.7. The number of aromatic nitrogens is 2. The lowest BCUT2D eigenvalue weighted by atomic mass is 9.97. The van der Waals surface area contributed by atoms with Crippen LogP contribution in [0, 0.1) is 13.8 Å². The summed E-state index contributed by atoms with van der Waals surface area (Å²) in [7, 11) is 0. The third-order valence-corrected chi connectivity index (χ3v) is 5.23. The van der Waals surface area contributed by atoms with E-state index in [1.54, 1.807) is 12.5 Å². The fraction of sp³-hybridized carbons (Fsp3) is 0.130. The van der Waals surface area contributed by atoms with Crippen LogP contribution in [0.15, 0.2) is 82.3 Å². The summed E-state index contributed by atoms with van der Waals surface area (Å²) in [5.74, 6) is 1.29. The van der Waals surface area contributed by atoms with Gasteiger partial charge in [0.15, 0.2) is 0 Å². The minimum Gasteiger partial charge on any atom is -0.445 e.